The third kappa shape index (κ3) is 9.53. The van der Waals surface area contributed by atoms with Crippen LogP contribution in [0.2, 0.25) is 0 Å². The fourth-order valence-corrected chi connectivity index (χ4v) is 1.00. The van der Waals surface area contributed by atoms with Crippen molar-refractivity contribution in [2.24, 2.45) is 10.9 Å². The van der Waals surface area contributed by atoms with E-state index in [-0.39, 0.29) is 0 Å². The number of aliphatic imine (C=N–C) groups is 1. The molecule has 0 rings (SSSR count). The van der Waals surface area contributed by atoms with E-state index in [9.17, 15) is 0 Å². The van der Waals surface area contributed by atoms with Gasteiger partial charge in [0.15, 0.2) is 5.96 Å². The minimum absolute atomic E-state index is 0.590. The molecule has 0 aliphatic heterocycles. The van der Waals surface area contributed by atoms with Crippen LogP contribution in [0.15, 0.2) is 4.99 Å². The van der Waals surface area contributed by atoms with Crippen LogP contribution in [0.3, 0.4) is 0 Å². The molecule has 15 heavy (non-hydrogen) atoms. The number of nitrogens with zero attached hydrogens (tertiary/aromatic N) is 1. The van der Waals surface area contributed by atoms with Gasteiger partial charge in [-0.15, -0.1) is 0 Å². The Morgan fingerprint density at radius 1 is 1.27 bits per heavy atom. The number of guanidine groups is 1. The number of nitrogens with one attached hydrogen (secondary N) is 2. The fraction of sp³-hybridized carbons (Fsp3) is 0.909. The van der Waals surface area contributed by atoms with Crippen molar-refractivity contribution >= 4 is 5.96 Å². The van der Waals surface area contributed by atoms with Crippen molar-refractivity contribution in [3.05, 3.63) is 0 Å². The van der Waals surface area contributed by atoms with E-state index in [1.165, 1.54) is 0 Å². The Morgan fingerprint density at radius 3 is 2.53 bits per heavy atom. The lowest BCUT2D eigenvalue weighted by molar-refractivity contribution is 0.152. The highest BCUT2D eigenvalue weighted by Gasteiger charge is 1.97. The van der Waals surface area contributed by atoms with E-state index in [4.69, 9.17) is 4.74 Å². The second kappa shape index (κ2) is 9.77. The van der Waals surface area contributed by atoms with Crippen LogP contribution >= 0.6 is 0 Å². The van der Waals surface area contributed by atoms with Crippen LogP contribution in [0, 0.1) is 5.92 Å². The molecule has 0 amide bonds. The molecular formula is C11H25N3O. The zero-order valence-electron chi connectivity index (χ0n) is 10.5. The van der Waals surface area contributed by atoms with Crippen molar-refractivity contribution in [1.82, 2.24) is 10.6 Å². The first-order valence-corrected chi connectivity index (χ1v) is 5.80. The monoisotopic (exact) mass is 215 g/mol. The van der Waals surface area contributed by atoms with Crippen molar-refractivity contribution in [3.8, 4) is 0 Å². The lowest BCUT2D eigenvalue weighted by Gasteiger charge is -2.11. The zero-order valence-corrected chi connectivity index (χ0v) is 10.5. The summed E-state index contributed by atoms with van der Waals surface area (Å²) in [7, 11) is 0. The Balaban J connectivity index is 3.76. The molecule has 0 unspecified atom stereocenters. The fourth-order valence-electron chi connectivity index (χ4n) is 1.00. The minimum Gasteiger partial charge on any atom is -0.380 e. The molecule has 0 spiro atoms. The second-order valence-corrected chi connectivity index (χ2v) is 3.74. The largest absolute Gasteiger partial charge is 0.380 e. The summed E-state index contributed by atoms with van der Waals surface area (Å²) in [5.41, 5.74) is 0. The molecule has 0 aromatic carbocycles. The summed E-state index contributed by atoms with van der Waals surface area (Å²) < 4.78 is 5.24. The van der Waals surface area contributed by atoms with E-state index in [0.717, 1.165) is 38.8 Å². The molecule has 0 aromatic heterocycles. The van der Waals surface area contributed by atoms with Crippen molar-refractivity contribution < 1.29 is 4.74 Å². The molecule has 90 valence electrons. The second-order valence-electron chi connectivity index (χ2n) is 3.74. The SMILES string of the molecule is CCNC(=NCC(C)C)NCCOCC. The smallest absolute Gasteiger partial charge is 0.191 e. The van der Waals surface area contributed by atoms with Gasteiger partial charge in [0.1, 0.15) is 0 Å². The van der Waals surface area contributed by atoms with Crippen LogP contribution < -0.4 is 10.6 Å². The van der Waals surface area contributed by atoms with Gasteiger partial charge in [0.2, 0.25) is 0 Å². The molecule has 0 aliphatic rings. The van der Waals surface area contributed by atoms with Crippen molar-refractivity contribution in [2.75, 3.05) is 32.8 Å². The molecule has 0 radical (unpaired) electrons. The molecule has 0 saturated carbocycles. The summed E-state index contributed by atoms with van der Waals surface area (Å²) in [5.74, 6) is 1.47. The van der Waals surface area contributed by atoms with Gasteiger partial charge in [-0.3, -0.25) is 4.99 Å². The molecule has 0 aliphatic carbocycles. The quantitative estimate of drug-likeness (QED) is 0.381. The summed E-state index contributed by atoms with van der Waals surface area (Å²) in [6, 6.07) is 0. The number of hydrogen-bond donors (Lipinski definition) is 2. The van der Waals surface area contributed by atoms with Gasteiger partial charge in [-0.1, -0.05) is 13.8 Å². The Labute approximate surface area is 93.5 Å². The first kappa shape index (κ1) is 14.2. The normalized spacial score (nSPS) is 11.9. The van der Waals surface area contributed by atoms with E-state index < -0.39 is 0 Å². The molecule has 4 heteroatoms. The van der Waals surface area contributed by atoms with Crippen LogP contribution in [0.5, 0.6) is 0 Å². The van der Waals surface area contributed by atoms with Gasteiger partial charge in [-0.05, 0) is 19.8 Å². The summed E-state index contributed by atoms with van der Waals surface area (Å²) >= 11 is 0. The highest BCUT2D eigenvalue weighted by molar-refractivity contribution is 5.79. The van der Waals surface area contributed by atoms with E-state index in [1.54, 1.807) is 0 Å². The highest BCUT2D eigenvalue weighted by atomic mass is 16.5. The lowest BCUT2D eigenvalue weighted by Crippen LogP contribution is -2.39. The molecule has 0 fully saturated rings. The molecule has 0 heterocycles. The first-order chi connectivity index (χ1) is 7.20. The van der Waals surface area contributed by atoms with Gasteiger partial charge in [0.05, 0.1) is 6.61 Å². The lowest BCUT2D eigenvalue weighted by atomic mass is 10.2. The summed E-state index contributed by atoms with van der Waals surface area (Å²) in [6.07, 6.45) is 0. The average Bonchev–Trinajstić information content (AvgIpc) is 2.20. The first-order valence-electron chi connectivity index (χ1n) is 5.80. The standard InChI is InChI=1S/C11H25N3O/c1-5-12-11(14-9-10(3)4)13-7-8-15-6-2/h10H,5-9H2,1-4H3,(H2,12,13,14). The van der Waals surface area contributed by atoms with Gasteiger partial charge < -0.3 is 15.4 Å². The van der Waals surface area contributed by atoms with E-state index in [1.807, 2.05) is 6.92 Å². The Kier molecular flexibility index (Phi) is 9.27. The van der Waals surface area contributed by atoms with Crippen LogP contribution in [0.1, 0.15) is 27.7 Å². The van der Waals surface area contributed by atoms with Crippen molar-refractivity contribution in [1.29, 1.82) is 0 Å². The molecule has 0 saturated heterocycles. The van der Waals surface area contributed by atoms with Crippen molar-refractivity contribution in [2.45, 2.75) is 27.7 Å². The van der Waals surface area contributed by atoms with Gasteiger partial charge in [0.25, 0.3) is 0 Å². The predicted octanol–water partition coefficient (Wildman–Crippen LogP) is 1.23. The molecule has 4 nitrogen and oxygen atoms in total. The zero-order chi connectivity index (χ0) is 11.5. The minimum atomic E-state index is 0.590. The number of hydrogen-bond acceptors (Lipinski definition) is 2. The van der Waals surface area contributed by atoms with Crippen LogP contribution in [-0.4, -0.2) is 38.8 Å². The van der Waals surface area contributed by atoms with Crippen LogP contribution in [-0.2, 0) is 4.74 Å². The van der Waals surface area contributed by atoms with Crippen LogP contribution in [0.25, 0.3) is 0 Å². The predicted molar refractivity (Wildman–Crippen MR) is 65.3 cm³/mol. The maximum absolute atomic E-state index is 5.24. The molecule has 0 bridgehead atoms. The molecule has 0 atom stereocenters. The van der Waals surface area contributed by atoms with E-state index >= 15 is 0 Å². The van der Waals surface area contributed by atoms with Gasteiger partial charge in [-0.25, -0.2) is 0 Å². The Bertz CT molecular complexity index is 169. The molecular weight excluding hydrogens is 190 g/mol. The van der Waals surface area contributed by atoms with Crippen LogP contribution in [0.4, 0.5) is 0 Å². The summed E-state index contributed by atoms with van der Waals surface area (Å²) in [5, 5.41) is 6.42. The summed E-state index contributed by atoms with van der Waals surface area (Å²) in [6.45, 7) is 12.4. The Hall–Kier alpha value is -0.770. The molecule has 0 aromatic rings. The number of rotatable bonds is 7. The Morgan fingerprint density at radius 2 is 2.00 bits per heavy atom. The van der Waals surface area contributed by atoms with Gasteiger partial charge >= 0.3 is 0 Å². The highest BCUT2D eigenvalue weighted by Crippen LogP contribution is 1.90. The molecule has 2 N–H and O–H groups in total. The average molecular weight is 215 g/mol. The summed E-state index contributed by atoms with van der Waals surface area (Å²) in [4.78, 5) is 4.45. The topological polar surface area (TPSA) is 45.7 Å². The van der Waals surface area contributed by atoms with Crippen molar-refractivity contribution in [3.63, 3.8) is 0 Å². The third-order valence-corrected chi connectivity index (χ3v) is 1.70. The number of ether oxygens (including phenoxy) is 1. The maximum Gasteiger partial charge on any atom is 0.191 e. The van der Waals surface area contributed by atoms with E-state index in [0.29, 0.717) is 5.92 Å². The third-order valence-electron chi connectivity index (χ3n) is 1.70. The maximum atomic E-state index is 5.24. The van der Waals surface area contributed by atoms with E-state index in [2.05, 4.69) is 36.4 Å². The van der Waals surface area contributed by atoms with Gasteiger partial charge in [0, 0.05) is 26.2 Å². The van der Waals surface area contributed by atoms with Gasteiger partial charge in [-0.2, -0.15) is 0 Å².